The second-order valence-electron chi connectivity index (χ2n) is 12.1. The summed E-state index contributed by atoms with van der Waals surface area (Å²) in [4.78, 5) is 27.4. The van der Waals surface area contributed by atoms with Crippen molar-refractivity contribution in [3.05, 3.63) is 136 Å². The Morgan fingerprint density at radius 1 is 0.810 bits per heavy atom. The van der Waals surface area contributed by atoms with Gasteiger partial charge in [0.05, 0.1) is 17.7 Å². The summed E-state index contributed by atoms with van der Waals surface area (Å²) in [5, 5.41) is 2.48. The standard InChI is InChI=1S/C37H39NO3Si/c1-25(21-22-38-35(39)31-19-13-14-20-32(31)36(38)40)33-27(3)34(37(4,5)6)26(2)23-28(33)24-41-42(29-15-9-7-10-16-29)30-17-11-8-12-18-30/h7-21,23,42H,22,24H2,1-6H3. The zero-order valence-corrected chi connectivity index (χ0v) is 26.6. The topological polar surface area (TPSA) is 46.6 Å². The molecule has 0 spiro atoms. The van der Waals surface area contributed by atoms with E-state index in [0.29, 0.717) is 17.7 Å². The van der Waals surface area contributed by atoms with Crippen molar-refractivity contribution < 1.29 is 14.0 Å². The predicted octanol–water partition coefficient (Wildman–Crippen LogP) is 6.36. The van der Waals surface area contributed by atoms with Crippen LogP contribution in [0, 0.1) is 13.8 Å². The third-order valence-electron chi connectivity index (χ3n) is 8.07. The molecule has 0 atom stereocenters. The molecule has 214 valence electrons. The SMILES string of the molecule is CC(=CCN1C(=O)c2ccccc2C1=O)c1c(CO[SiH](c2ccccc2)c2ccccc2)cc(C)c(C(C)(C)C)c1C. The number of rotatable bonds is 8. The highest BCUT2D eigenvalue weighted by molar-refractivity contribution is 6.80. The summed E-state index contributed by atoms with van der Waals surface area (Å²) in [5.74, 6) is -0.474. The molecule has 4 nitrogen and oxygen atoms in total. The molecule has 0 unspecified atom stereocenters. The quantitative estimate of drug-likeness (QED) is 0.182. The van der Waals surface area contributed by atoms with E-state index in [9.17, 15) is 9.59 Å². The number of benzene rings is 4. The Morgan fingerprint density at radius 2 is 1.31 bits per heavy atom. The number of hydrogen-bond donors (Lipinski definition) is 0. The van der Waals surface area contributed by atoms with Crippen LogP contribution in [-0.2, 0) is 16.4 Å². The van der Waals surface area contributed by atoms with Gasteiger partial charge in [0.25, 0.3) is 11.8 Å². The molecule has 4 aromatic rings. The highest BCUT2D eigenvalue weighted by atomic mass is 28.3. The lowest BCUT2D eigenvalue weighted by atomic mass is 9.77. The van der Waals surface area contributed by atoms with Crippen molar-refractivity contribution in [2.24, 2.45) is 0 Å². The molecule has 2 amide bonds. The van der Waals surface area contributed by atoms with Crippen LogP contribution in [0.25, 0.3) is 5.57 Å². The number of hydrogen-bond acceptors (Lipinski definition) is 3. The molecule has 0 saturated heterocycles. The maximum absolute atomic E-state index is 13.0. The zero-order chi connectivity index (χ0) is 30.0. The molecule has 42 heavy (non-hydrogen) atoms. The van der Waals surface area contributed by atoms with Crippen LogP contribution in [0.15, 0.2) is 97.1 Å². The molecule has 0 fully saturated rings. The average Bonchev–Trinajstić information content (AvgIpc) is 3.21. The predicted molar refractivity (Wildman–Crippen MR) is 174 cm³/mol. The molecule has 1 aliphatic rings. The smallest absolute Gasteiger partial charge is 0.261 e. The van der Waals surface area contributed by atoms with Crippen LogP contribution in [0.3, 0.4) is 0 Å². The van der Waals surface area contributed by atoms with E-state index in [1.165, 1.54) is 32.0 Å². The summed E-state index contributed by atoms with van der Waals surface area (Å²) >= 11 is 0. The van der Waals surface area contributed by atoms with E-state index in [2.05, 4.69) is 96.1 Å². The minimum atomic E-state index is -1.95. The Kier molecular flexibility index (Phi) is 8.44. The van der Waals surface area contributed by atoms with Gasteiger partial charge in [-0.1, -0.05) is 106 Å². The van der Waals surface area contributed by atoms with Gasteiger partial charge in [-0.05, 0) is 82.1 Å². The number of carbonyl (C=O) groups is 2. The van der Waals surface area contributed by atoms with Crippen LogP contribution in [0.1, 0.15) is 76.2 Å². The molecule has 1 aliphatic heterocycles. The van der Waals surface area contributed by atoms with Gasteiger partial charge in [0.15, 0.2) is 0 Å². The summed E-state index contributed by atoms with van der Waals surface area (Å²) in [6, 6.07) is 30.3. The second-order valence-corrected chi connectivity index (χ2v) is 14.6. The summed E-state index contributed by atoms with van der Waals surface area (Å²) in [5.41, 5.74) is 7.97. The van der Waals surface area contributed by atoms with Gasteiger partial charge in [-0.2, -0.15) is 0 Å². The Morgan fingerprint density at radius 3 is 1.81 bits per heavy atom. The Bertz CT molecular complexity index is 1580. The van der Waals surface area contributed by atoms with Gasteiger partial charge in [-0.3, -0.25) is 14.5 Å². The molecule has 0 aromatic heterocycles. The minimum absolute atomic E-state index is 0.0452. The van der Waals surface area contributed by atoms with Crippen molar-refractivity contribution in [2.75, 3.05) is 6.54 Å². The van der Waals surface area contributed by atoms with Gasteiger partial charge in [0.2, 0.25) is 9.04 Å². The Balaban J connectivity index is 1.51. The average molecular weight is 574 g/mol. The van der Waals surface area contributed by atoms with Crippen molar-refractivity contribution in [1.82, 2.24) is 4.90 Å². The number of amides is 2. The second kappa shape index (κ2) is 12.0. The van der Waals surface area contributed by atoms with Crippen LogP contribution < -0.4 is 10.4 Å². The van der Waals surface area contributed by atoms with Gasteiger partial charge < -0.3 is 4.43 Å². The fraction of sp³-hybridized carbons (Fsp3) is 0.243. The van der Waals surface area contributed by atoms with Crippen LogP contribution in [0.2, 0.25) is 0 Å². The zero-order valence-electron chi connectivity index (χ0n) is 25.4. The Labute approximate surface area is 251 Å². The monoisotopic (exact) mass is 573 g/mol. The number of carbonyl (C=O) groups excluding carboxylic acids is 2. The lowest BCUT2D eigenvalue weighted by Gasteiger charge is -2.29. The van der Waals surface area contributed by atoms with Crippen molar-refractivity contribution in [2.45, 2.75) is 53.6 Å². The molecule has 4 aromatic carbocycles. The van der Waals surface area contributed by atoms with E-state index < -0.39 is 9.04 Å². The Hall–Kier alpha value is -4.06. The fourth-order valence-electron chi connectivity index (χ4n) is 6.43. The van der Waals surface area contributed by atoms with Crippen molar-refractivity contribution in [3.8, 4) is 0 Å². The van der Waals surface area contributed by atoms with Crippen LogP contribution in [0.5, 0.6) is 0 Å². The van der Waals surface area contributed by atoms with E-state index in [0.717, 1.165) is 16.7 Å². The van der Waals surface area contributed by atoms with E-state index in [4.69, 9.17) is 4.43 Å². The van der Waals surface area contributed by atoms with Gasteiger partial charge >= 0.3 is 0 Å². The van der Waals surface area contributed by atoms with Crippen LogP contribution >= 0.6 is 0 Å². The van der Waals surface area contributed by atoms with Gasteiger partial charge in [-0.15, -0.1) is 0 Å². The van der Waals surface area contributed by atoms with Crippen LogP contribution in [0.4, 0.5) is 0 Å². The molecule has 0 N–H and O–H groups in total. The highest BCUT2D eigenvalue weighted by Gasteiger charge is 2.34. The maximum Gasteiger partial charge on any atom is 0.261 e. The summed E-state index contributed by atoms with van der Waals surface area (Å²) < 4.78 is 6.87. The van der Waals surface area contributed by atoms with E-state index >= 15 is 0 Å². The van der Waals surface area contributed by atoms with Crippen molar-refractivity contribution in [3.63, 3.8) is 0 Å². The molecule has 5 heteroatoms. The molecular formula is C37H39NO3Si. The molecule has 0 bridgehead atoms. The van der Waals surface area contributed by atoms with E-state index in [1.807, 2.05) is 18.2 Å². The van der Waals surface area contributed by atoms with Gasteiger partial charge in [0.1, 0.15) is 0 Å². The van der Waals surface area contributed by atoms with Crippen LogP contribution in [-0.4, -0.2) is 32.3 Å². The van der Waals surface area contributed by atoms with Gasteiger partial charge in [0, 0.05) is 6.54 Å². The first kappa shape index (κ1) is 29.4. The third kappa shape index (κ3) is 5.80. The molecule has 1 heterocycles. The first-order valence-corrected chi connectivity index (χ1v) is 16.2. The first-order chi connectivity index (χ1) is 20.1. The van der Waals surface area contributed by atoms with E-state index in [-0.39, 0.29) is 23.8 Å². The summed E-state index contributed by atoms with van der Waals surface area (Å²) in [6.45, 7) is 13.9. The summed E-state index contributed by atoms with van der Waals surface area (Å²) in [7, 11) is -1.95. The highest BCUT2D eigenvalue weighted by Crippen LogP contribution is 2.36. The normalized spacial score (nSPS) is 13.7. The molecular weight excluding hydrogens is 534 g/mol. The number of aryl methyl sites for hydroxylation is 1. The first-order valence-electron chi connectivity index (χ1n) is 14.5. The number of allylic oxidation sites excluding steroid dienone is 1. The molecule has 0 radical (unpaired) electrons. The van der Waals surface area contributed by atoms with Crippen molar-refractivity contribution >= 4 is 36.8 Å². The third-order valence-corrected chi connectivity index (χ3v) is 10.5. The lowest BCUT2D eigenvalue weighted by Crippen LogP contribution is -2.44. The number of imide groups is 1. The van der Waals surface area contributed by atoms with Crippen molar-refractivity contribution in [1.29, 1.82) is 0 Å². The number of nitrogens with zero attached hydrogens (tertiary/aromatic N) is 1. The lowest BCUT2D eigenvalue weighted by molar-refractivity contribution is 0.0672. The fourth-order valence-corrected chi connectivity index (χ4v) is 8.69. The molecule has 0 aliphatic carbocycles. The minimum Gasteiger partial charge on any atom is -0.407 e. The summed E-state index contributed by atoms with van der Waals surface area (Å²) in [6.07, 6.45) is 2.01. The van der Waals surface area contributed by atoms with E-state index in [1.54, 1.807) is 24.3 Å². The maximum atomic E-state index is 13.0. The molecule has 0 saturated carbocycles. The van der Waals surface area contributed by atoms with Gasteiger partial charge in [-0.25, -0.2) is 0 Å². The number of fused-ring (bicyclic) bond motifs is 1. The molecule has 5 rings (SSSR count). The largest absolute Gasteiger partial charge is 0.407 e.